The van der Waals surface area contributed by atoms with Crippen LogP contribution in [0.4, 0.5) is 0 Å². The van der Waals surface area contributed by atoms with Crippen LogP contribution in [0.1, 0.15) is 67.4 Å². The van der Waals surface area contributed by atoms with Gasteiger partial charge in [-0.05, 0) is 69.5 Å². The normalized spacial score (nSPS) is 22.4. The Morgan fingerprint density at radius 2 is 1.85 bits per heavy atom. The fraction of sp³-hybridized carbons (Fsp3) is 0.536. The Morgan fingerprint density at radius 3 is 2.62 bits per heavy atom. The number of aromatic nitrogens is 2. The van der Waals surface area contributed by atoms with Crippen LogP contribution in [-0.2, 0) is 0 Å². The van der Waals surface area contributed by atoms with Crippen molar-refractivity contribution < 1.29 is 9.32 Å². The zero-order chi connectivity index (χ0) is 23.1. The Bertz CT molecular complexity index is 1160. The smallest absolute Gasteiger partial charge is 0.259 e. The Labute approximate surface area is 201 Å². The lowest BCUT2D eigenvalue weighted by atomic mass is 9.93. The highest BCUT2D eigenvalue weighted by Crippen LogP contribution is 2.41. The molecule has 2 aromatic heterocycles. The van der Waals surface area contributed by atoms with Crippen LogP contribution in [-0.4, -0.2) is 58.6 Å². The molecule has 3 aliphatic rings. The Kier molecular flexibility index (Phi) is 5.85. The fourth-order valence-electron chi connectivity index (χ4n) is 5.70. The number of likely N-dealkylation sites (tertiary alicyclic amines) is 2. The topological polar surface area (TPSA) is 62.5 Å². The number of rotatable bonds is 5. The number of carbonyl (C=O) groups excluding carboxylic acids is 1. The van der Waals surface area contributed by atoms with Crippen LogP contribution < -0.4 is 0 Å². The summed E-state index contributed by atoms with van der Waals surface area (Å²) in [5.74, 6) is 1.93. The third-order valence-electron chi connectivity index (χ3n) is 7.94. The minimum atomic E-state index is 0.103. The van der Waals surface area contributed by atoms with E-state index in [9.17, 15) is 4.79 Å². The number of pyridine rings is 1. The Balaban J connectivity index is 1.29. The zero-order valence-corrected chi connectivity index (χ0v) is 20.1. The first-order valence-corrected chi connectivity index (χ1v) is 13.0. The van der Waals surface area contributed by atoms with Gasteiger partial charge in [-0.1, -0.05) is 42.4 Å². The van der Waals surface area contributed by atoms with Crippen molar-refractivity contribution in [1.82, 2.24) is 19.9 Å². The van der Waals surface area contributed by atoms with Gasteiger partial charge in [-0.15, -0.1) is 0 Å². The molecule has 3 fully saturated rings. The fourth-order valence-corrected chi connectivity index (χ4v) is 5.70. The summed E-state index contributed by atoms with van der Waals surface area (Å²) in [5.41, 5.74) is 3.83. The minimum Gasteiger partial charge on any atom is -0.338 e. The molecule has 6 rings (SSSR count). The number of hydrogen-bond acceptors (Lipinski definition) is 5. The lowest BCUT2D eigenvalue weighted by Gasteiger charge is -2.38. The summed E-state index contributed by atoms with van der Waals surface area (Å²) in [4.78, 5) is 23.4. The van der Waals surface area contributed by atoms with Gasteiger partial charge in [0.1, 0.15) is 5.69 Å². The van der Waals surface area contributed by atoms with Crippen molar-refractivity contribution in [2.24, 2.45) is 11.8 Å². The van der Waals surface area contributed by atoms with Gasteiger partial charge in [0.25, 0.3) is 11.6 Å². The molecule has 6 heteroatoms. The molecule has 0 spiro atoms. The molecule has 1 amide bonds. The van der Waals surface area contributed by atoms with Gasteiger partial charge in [-0.25, -0.2) is 4.98 Å². The van der Waals surface area contributed by atoms with Crippen molar-refractivity contribution in [1.29, 1.82) is 0 Å². The molecule has 1 atom stereocenters. The molecule has 2 saturated heterocycles. The summed E-state index contributed by atoms with van der Waals surface area (Å²) in [7, 11) is 0. The summed E-state index contributed by atoms with van der Waals surface area (Å²) in [5, 5.41) is 5.12. The Morgan fingerprint density at radius 1 is 1.06 bits per heavy atom. The summed E-state index contributed by atoms with van der Waals surface area (Å²) >= 11 is 0. The molecule has 3 aromatic rings. The summed E-state index contributed by atoms with van der Waals surface area (Å²) in [6, 6.07) is 12.0. The van der Waals surface area contributed by atoms with E-state index < -0.39 is 0 Å². The average Bonchev–Trinajstić information content (AvgIpc) is 3.64. The number of fused-ring (bicyclic) bond motifs is 1. The lowest BCUT2D eigenvalue weighted by Crippen LogP contribution is -2.45. The first-order chi connectivity index (χ1) is 16.7. The van der Waals surface area contributed by atoms with Crippen molar-refractivity contribution in [2.45, 2.75) is 51.4 Å². The van der Waals surface area contributed by atoms with E-state index in [0.29, 0.717) is 28.8 Å². The van der Waals surface area contributed by atoms with E-state index in [1.165, 1.54) is 32.4 Å². The van der Waals surface area contributed by atoms with Crippen molar-refractivity contribution >= 4 is 17.0 Å². The number of piperidine rings is 2. The summed E-state index contributed by atoms with van der Waals surface area (Å²) in [6.45, 7) is 7.52. The molecule has 4 heterocycles. The van der Waals surface area contributed by atoms with Crippen LogP contribution in [0.5, 0.6) is 0 Å². The second-order valence-electron chi connectivity index (χ2n) is 10.7. The van der Waals surface area contributed by atoms with Crippen LogP contribution >= 0.6 is 0 Å². The molecule has 0 N–H and O–H groups in total. The summed E-state index contributed by atoms with van der Waals surface area (Å²) in [6.07, 6.45) is 7.13. The molecule has 2 aliphatic heterocycles. The van der Waals surface area contributed by atoms with E-state index in [0.717, 1.165) is 61.5 Å². The maximum Gasteiger partial charge on any atom is 0.259 e. The van der Waals surface area contributed by atoms with Gasteiger partial charge in [-0.2, -0.15) is 0 Å². The SMILES string of the molecule is CC1CCN(CC2CCCN(C(=O)c3cc(C4CC4)nc4onc(-c5ccccc5)c34)C2)CC1. The number of nitrogens with zero attached hydrogens (tertiary/aromatic N) is 4. The van der Waals surface area contributed by atoms with Crippen LogP contribution in [0.15, 0.2) is 40.9 Å². The molecule has 0 radical (unpaired) electrons. The zero-order valence-electron chi connectivity index (χ0n) is 20.1. The monoisotopic (exact) mass is 458 g/mol. The number of amides is 1. The highest BCUT2D eigenvalue weighted by atomic mass is 16.5. The van der Waals surface area contributed by atoms with Crippen molar-refractivity contribution in [3.8, 4) is 11.3 Å². The number of hydrogen-bond donors (Lipinski definition) is 0. The second kappa shape index (κ2) is 9.14. The largest absolute Gasteiger partial charge is 0.338 e. The van der Waals surface area contributed by atoms with Gasteiger partial charge in [0.2, 0.25) is 0 Å². The van der Waals surface area contributed by atoms with E-state index >= 15 is 0 Å². The molecule has 1 saturated carbocycles. The third-order valence-corrected chi connectivity index (χ3v) is 7.94. The van der Waals surface area contributed by atoms with E-state index in [1.807, 2.05) is 36.4 Å². The van der Waals surface area contributed by atoms with E-state index in [4.69, 9.17) is 9.51 Å². The first kappa shape index (κ1) is 21.8. The van der Waals surface area contributed by atoms with Crippen LogP contribution in [0, 0.1) is 11.8 Å². The minimum absolute atomic E-state index is 0.103. The van der Waals surface area contributed by atoms with Crippen LogP contribution in [0.2, 0.25) is 0 Å². The molecule has 178 valence electrons. The predicted octanol–water partition coefficient (Wildman–Crippen LogP) is 5.35. The van der Waals surface area contributed by atoms with E-state index in [1.54, 1.807) is 0 Å². The van der Waals surface area contributed by atoms with Crippen LogP contribution in [0.25, 0.3) is 22.4 Å². The summed E-state index contributed by atoms with van der Waals surface area (Å²) < 4.78 is 5.69. The maximum atomic E-state index is 14.0. The molecular formula is C28H34N4O2. The van der Waals surface area contributed by atoms with Crippen molar-refractivity contribution in [3.63, 3.8) is 0 Å². The van der Waals surface area contributed by atoms with Gasteiger partial charge in [0.05, 0.1) is 10.9 Å². The molecule has 1 aromatic carbocycles. The molecule has 6 nitrogen and oxygen atoms in total. The molecule has 1 aliphatic carbocycles. The van der Waals surface area contributed by atoms with E-state index in [-0.39, 0.29) is 5.91 Å². The standard InChI is InChI=1S/C28H34N4O2/c1-19-11-14-31(15-12-19)17-20-6-5-13-32(18-20)28(33)23-16-24(21-9-10-21)29-27-25(23)26(30-34-27)22-7-3-2-4-8-22/h2-4,7-8,16,19-21H,5-6,9-15,17-18H2,1H3. The highest BCUT2D eigenvalue weighted by Gasteiger charge is 2.32. The molecular weight excluding hydrogens is 424 g/mol. The van der Waals surface area contributed by atoms with Crippen molar-refractivity contribution in [3.05, 3.63) is 47.7 Å². The van der Waals surface area contributed by atoms with Gasteiger partial charge in [0.15, 0.2) is 0 Å². The van der Waals surface area contributed by atoms with Crippen molar-refractivity contribution in [2.75, 3.05) is 32.7 Å². The van der Waals surface area contributed by atoms with Gasteiger partial charge in [-0.3, -0.25) is 4.79 Å². The molecule has 1 unspecified atom stereocenters. The average molecular weight is 459 g/mol. The second-order valence-corrected chi connectivity index (χ2v) is 10.7. The number of benzene rings is 1. The molecule has 0 bridgehead atoms. The van der Waals surface area contributed by atoms with Gasteiger partial charge >= 0.3 is 0 Å². The lowest BCUT2D eigenvalue weighted by molar-refractivity contribution is 0.0624. The predicted molar refractivity (Wildman–Crippen MR) is 133 cm³/mol. The maximum absolute atomic E-state index is 14.0. The third kappa shape index (κ3) is 4.36. The first-order valence-electron chi connectivity index (χ1n) is 13.0. The molecule has 34 heavy (non-hydrogen) atoms. The Hall–Kier alpha value is -2.73. The number of carbonyl (C=O) groups is 1. The highest BCUT2D eigenvalue weighted by molar-refractivity contribution is 6.09. The quantitative estimate of drug-likeness (QED) is 0.516. The van der Waals surface area contributed by atoms with E-state index in [2.05, 4.69) is 21.9 Å². The van der Waals surface area contributed by atoms with Gasteiger partial charge < -0.3 is 14.3 Å². The van der Waals surface area contributed by atoms with Gasteiger partial charge in [0, 0.05) is 36.8 Å². The van der Waals surface area contributed by atoms with Crippen LogP contribution in [0.3, 0.4) is 0 Å².